The Bertz CT molecular complexity index is 580. The minimum atomic E-state index is -0.376. The summed E-state index contributed by atoms with van der Waals surface area (Å²) in [5, 5.41) is 3.03. The third-order valence-corrected chi connectivity index (χ3v) is 4.95. The zero-order valence-corrected chi connectivity index (χ0v) is 15.7. The second kappa shape index (κ2) is 10.2. The highest BCUT2D eigenvalue weighted by atomic mass is 16.5. The number of nitrogens with one attached hydrogen (secondary N) is 1. The summed E-state index contributed by atoms with van der Waals surface area (Å²) >= 11 is 0. The molecule has 1 radical (unpaired) electrons. The molecule has 0 aliphatic carbocycles. The van der Waals surface area contributed by atoms with Crippen molar-refractivity contribution in [2.45, 2.75) is 38.6 Å². The molecule has 1 aliphatic heterocycles. The second-order valence-electron chi connectivity index (χ2n) is 6.97. The molecule has 1 atom stereocenters. The van der Waals surface area contributed by atoms with Crippen LogP contribution in [0.4, 0.5) is 0 Å². The highest BCUT2D eigenvalue weighted by Crippen LogP contribution is 2.15. The molecule has 0 aromatic heterocycles. The molecule has 1 aliphatic rings. The van der Waals surface area contributed by atoms with E-state index in [1.54, 1.807) is 14.0 Å². The Hall–Kier alpha value is -2.08. The first-order valence-electron chi connectivity index (χ1n) is 9.26. The summed E-state index contributed by atoms with van der Waals surface area (Å²) in [7, 11) is 1.67. The number of carbonyl (C=O) groups is 2. The normalized spacial score (nSPS) is 16.8. The first-order valence-corrected chi connectivity index (χ1v) is 9.26. The Morgan fingerprint density at radius 2 is 1.96 bits per heavy atom. The van der Waals surface area contributed by atoms with Crippen molar-refractivity contribution >= 4 is 11.8 Å². The first kappa shape index (κ1) is 20.2. The maximum atomic E-state index is 11.9. The fourth-order valence-electron chi connectivity index (χ4n) is 3.04. The number of hydrogen-bond acceptors (Lipinski definition) is 4. The molecule has 0 unspecified atom stereocenters. The number of ether oxygens (including phenoxy) is 1. The molecule has 0 saturated carbocycles. The Kier molecular flexibility index (Phi) is 7.91. The zero-order valence-electron chi connectivity index (χ0n) is 15.7. The van der Waals surface area contributed by atoms with Gasteiger partial charge in [-0.1, -0.05) is 19.1 Å². The molecule has 1 aromatic rings. The lowest BCUT2D eigenvalue weighted by Crippen LogP contribution is -2.45. The first-order chi connectivity index (χ1) is 12.5. The van der Waals surface area contributed by atoms with Gasteiger partial charge in [-0.05, 0) is 43.4 Å². The SMILES string of the molecule is COc1ccc(CCN2CCC(NC(=O)[CH]C[C@H](C)C(N)=O)CC2)cc1. The van der Waals surface area contributed by atoms with Crippen LogP contribution in [0.2, 0.25) is 0 Å². The van der Waals surface area contributed by atoms with Crippen LogP contribution in [0, 0.1) is 12.3 Å². The van der Waals surface area contributed by atoms with Crippen molar-refractivity contribution < 1.29 is 14.3 Å². The minimum Gasteiger partial charge on any atom is -0.497 e. The van der Waals surface area contributed by atoms with Crippen molar-refractivity contribution in [3.8, 4) is 5.75 Å². The van der Waals surface area contributed by atoms with Crippen molar-refractivity contribution in [1.82, 2.24) is 10.2 Å². The van der Waals surface area contributed by atoms with Gasteiger partial charge in [0.2, 0.25) is 11.8 Å². The number of amides is 2. The van der Waals surface area contributed by atoms with E-state index in [4.69, 9.17) is 10.5 Å². The molecule has 3 N–H and O–H groups in total. The monoisotopic (exact) mass is 360 g/mol. The molecule has 2 rings (SSSR count). The molecule has 1 aromatic carbocycles. The smallest absolute Gasteiger partial charge is 0.224 e. The van der Waals surface area contributed by atoms with Crippen molar-refractivity contribution in [2.24, 2.45) is 11.7 Å². The topological polar surface area (TPSA) is 84.7 Å². The number of methoxy groups -OCH3 is 1. The summed E-state index contributed by atoms with van der Waals surface area (Å²) in [6, 6.07) is 8.41. The molecular weight excluding hydrogens is 330 g/mol. The van der Waals surface area contributed by atoms with E-state index in [0.717, 1.165) is 44.6 Å². The number of benzene rings is 1. The lowest BCUT2D eigenvalue weighted by atomic mass is 10.0. The van der Waals surface area contributed by atoms with Gasteiger partial charge in [0.15, 0.2) is 0 Å². The molecule has 6 heteroatoms. The van der Waals surface area contributed by atoms with Gasteiger partial charge in [-0.3, -0.25) is 9.59 Å². The second-order valence-corrected chi connectivity index (χ2v) is 6.97. The number of nitrogens with two attached hydrogens (primary N) is 1. The molecular formula is C20H30N3O3. The summed E-state index contributed by atoms with van der Waals surface area (Å²) in [5.74, 6) is 0.0990. The minimum absolute atomic E-state index is 0.102. The van der Waals surface area contributed by atoms with Crippen molar-refractivity contribution in [3.05, 3.63) is 36.2 Å². The van der Waals surface area contributed by atoms with Gasteiger partial charge in [0, 0.05) is 31.6 Å². The van der Waals surface area contributed by atoms with Crippen LogP contribution < -0.4 is 15.8 Å². The van der Waals surface area contributed by atoms with E-state index in [9.17, 15) is 9.59 Å². The van der Waals surface area contributed by atoms with Gasteiger partial charge in [-0.15, -0.1) is 0 Å². The van der Waals surface area contributed by atoms with Crippen molar-refractivity contribution in [2.75, 3.05) is 26.7 Å². The van der Waals surface area contributed by atoms with Gasteiger partial charge in [0.05, 0.1) is 13.5 Å². The van der Waals surface area contributed by atoms with Gasteiger partial charge in [-0.2, -0.15) is 0 Å². The molecule has 0 spiro atoms. The van der Waals surface area contributed by atoms with E-state index in [1.165, 1.54) is 12.0 Å². The van der Waals surface area contributed by atoms with E-state index in [0.29, 0.717) is 6.42 Å². The third-order valence-electron chi connectivity index (χ3n) is 4.95. The Morgan fingerprint density at radius 3 is 2.54 bits per heavy atom. The number of carbonyl (C=O) groups excluding carboxylic acids is 2. The average Bonchev–Trinajstić information content (AvgIpc) is 2.65. The van der Waals surface area contributed by atoms with Crippen LogP contribution in [-0.4, -0.2) is 49.5 Å². The number of rotatable bonds is 9. The van der Waals surface area contributed by atoms with Crippen LogP contribution >= 0.6 is 0 Å². The quantitative estimate of drug-likeness (QED) is 0.699. The Morgan fingerprint density at radius 1 is 1.31 bits per heavy atom. The standard InChI is InChI=1S/C20H30N3O3/c1-15(20(21)25)3-8-19(24)22-17-10-13-23(14-11-17)12-9-16-4-6-18(26-2)7-5-16/h4-8,15,17H,3,9-14H2,1-2H3,(H2,21,25)(H,22,24)/t15-/m0/s1. The van der Waals surface area contributed by atoms with Gasteiger partial charge in [-0.25, -0.2) is 0 Å². The van der Waals surface area contributed by atoms with Crippen molar-refractivity contribution in [3.63, 3.8) is 0 Å². The fraction of sp³-hybridized carbons (Fsp3) is 0.550. The summed E-state index contributed by atoms with van der Waals surface area (Å²) in [6.45, 7) is 4.72. The highest BCUT2D eigenvalue weighted by Gasteiger charge is 2.21. The molecule has 1 saturated heterocycles. The van der Waals surface area contributed by atoms with Gasteiger partial charge in [0.25, 0.3) is 0 Å². The third kappa shape index (κ3) is 6.67. The Balaban J connectivity index is 1.63. The van der Waals surface area contributed by atoms with E-state index >= 15 is 0 Å². The molecule has 1 fully saturated rings. The number of primary amides is 1. The molecule has 1 heterocycles. The lowest BCUT2D eigenvalue weighted by Gasteiger charge is -2.32. The summed E-state index contributed by atoms with van der Waals surface area (Å²) in [6.07, 6.45) is 4.84. The number of likely N-dealkylation sites (tertiary alicyclic amines) is 1. The largest absolute Gasteiger partial charge is 0.497 e. The maximum absolute atomic E-state index is 11.9. The predicted octanol–water partition coefficient (Wildman–Crippen LogP) is 1.53. The summed E-state index contributed by atoms with van der Waals surface area (Å²) in [4.78, 5) is 25.4. The zero-order chi connectivity index (χ0) is 18.9. The van der Waals surface area contributed by atoms with Crippen molar-refractivity contribution in [1.29, 1.82) is 0 Å². The lowest BCUT2D eigenvalue weighted by molar-refractivity contribution is -0.121. The average molecular weight is 360 g/mol. The van der Waals surface area contributed by atoms with Crippen LogP contribution in [-0.2, 0) is 16.0 Å². The van der Waals surface area contributed by atoms with Crippen LogP contribution in [0.1, 0.15) is 31.7 Å². The van der Waals surface area contributed by atoms with Crippen LogP contribution in [0.3, 0.4) is 0 Å². The van der Waals surface area contributed by atoms with Crippen LogP contribution in [0.25, 0.3) is 0 Å². The van der Waals surface area contributed by atoms with E-state index in [2.05, 4.69) is 22.3 Å². The molecule has 6 nitrogen and oxygen atoms in total. The van der Waals surface area contributed by atoms with Gasteiger partial charge < -0.3 is 20.7 Å². The van der Waals surface area contributed by atoms with Crippen LogP contribution in [0.15, 0.2) is 24.3 Å². The number of piperidine rings is 1. The van der Waals surface area contributed by atoms with Gasteiger partial charge in [0.1, 0.15) is 5.75 Å². The molecule has 2 amide bonds. The highest BCUT2D eigenvalue weighted by molar-refractivity contribution is 5.86. The number of nitrogens with zero attached hydrogens (tertiary/aromatic N) is 1. The van der Waals surface area contributed by atoms with E-state index in [1.807, 2.05) is 12.1 Å². The van der Waals surface area contributed by atoms with E-state index in [-0.39, 0.29) is 23.8 Å². The van der Waals surface area contributed by atoms with E-state index < -0.39 is 0 Å². The summed E-state index contributed by atoms with van der Waals surface area (Å²) < 4.78 is 5.18. The summed E-state index contributed by atoms with van der Waals surface area (Å²) in [5.41, 5.74) is 6.51. The molecule has 143 valence electrons. The number of hydrogen-bond donors (Lipinski definition) is 2. The van der Waals surface area contributed by atoms with Gasteiger partial charge >= 0.3 is 0 Å². The van der Waals surface area contributed by atoms with Crippen LogP contribution in [0.5, 0.6) is 5.75 Å². The Labute approximate surface area is 156 Å². The fourth-order valence-corrected chi connectivity index (χ4v) is 3.04. The maximum Gasteiger partial charge on any atom is 0.224 e. The molecule has 26 heavy (non-hydrogen) atoms. The predicted molar refractivity (Wildman–Crippen MR) is 102 cm³/mol. The molecule has 0 bridgehead atoms.